The Morgan fingerprint density at radius 3 is 2.73 bits per heavy atom. The summed E-state index contributed by atoms with van der Waals surface area (Å²) in [6.45, 7) is 4.38. The first-order valence-electron chi connectivity index (χ1n) is 10.6. The van der Waals surface area contributed by atoms with E-state index in [1.165, 1.54) is 24.1 Å². The average Bonchev–Trinajstić information content (AvgIpc) is 3.18. The summed E-state index contributed by atoms with van der Waals surface area (Å²) < 4.78 is 20.2. The SMILES string of the molecule is CC(=O)NC[C@H]1CN(c2ccc(C3=CCN(C(=O)c4cnc(C)cn4)CC3)c(F)c2)C(=O)O1. The number of carbonyl (C=O) groups is 3. The molecule has 3 amide bonds. The third-order valence-electron chi connectivity index (χ3n) is 5.56. The van der Waals surface area contributed by atoms with E-state index in [1.807, 2.05) is 6.08 Å². The Hall–Kier alpha value is -3.82. The van der Waals surface area contributed by atoms with E-state index in [0.717, 1.165) is 11.3 Å². The Morgan fingerprint density at radius 1 is 1.27 bits per heavy atom. The number of amides is 3. The lowest BCUT2D eigenvalue weighted by molar-refractivity contribution is -0.119. The molecular formula is C23H24FN5O4. The summed E-state index contributed by atoms with van der Waals surface area (Å²) >= 11 is 0. The maximum atomic E-state index is 14.9. The first-order chi connectivity index (χ1) is 15.8. The zero-order chi connectivity index (χ0) is 23.5. The van der Waals surface area contributed by atoms with Crippen molar-refractivity contribution in [2.75, 3.05) is 31.1 Å². The van der Waals surface area contributed by atoms with Gasteiger partial charge >= 0.3 is 6.09 Å². The Bertz CT molecular complexity index is 1120. The molecular weight excluding hydrogens is 429 g/mol. The van der Waals surface area contributed by atoms with Crippen molar-refractivity contribution in [3.05, 3.63) is 59.4 Å². The van der Waals surface area contributed by atoms with Gasteiger partial charge in [0.2, 0.25) is 5.91 Å². The third-order valence-corrected chi connectivity index (χ3v) is 5.56. The number of nitrogens with zero attached hydrogens (tertiary/aromatic N) is 4. The molecule has 2 aliphatic rings. The molecule has 33 heavy (non-hydrogen) atoms. The molecule has 2 aliphatic heterocycles. The Balaban J connectivity index is 1.42. The van der Waals surface area contributed by atoms with E-state index >= 15 is 0 Å². The van der Waals surface area contributed by atoms with Crippen LogP contribution in [-0.4, -0.2) is 65.1 Å². The van der Waals surface area contributed by atoms with Crippen LogP contribution in [0.3, 0.4) is 0 Å². The number of cyclic esters (lactones) is 1. The second-order valence-electron chi connectivity index (χ2n) is 7.99. The normalized spacial score (nSPS) is 18.1. The van der Waals surface area contributed by atoms with Crippen LogP contribution in [0.25, 0.3) is 5.57 Å². The van der Waals surface area contributed by atoms with Crippen molar-refractivity contribution in [1.29, 1.82) is 0 Å². The van der Waals surface area contributed by atoms with Crippen molar-refractivity contribution in [3.8, 4) is 0 Å². The lowest BCUT2D eigenvalue weighted by atomic mass is 9.98. The molecule has 2 aromatic rings. The van der Waals surface area contributed by atoms with Gasteiger partial charge in [0.15, 0.2) is 0 Å². The molecule has 1 saturated heterocycles. The molecule has 0 unspecified atom stereocenters. The maximum Gasteiger partial charge on any atom is 0.414 e. The Morgan fingerprint density at radius 2 is 2.09 bits per heavy atom. The van der Waals surface area contributed by atoms with E-state index in [0.29, 0.717) is 30.8 Å². The zero-order valence-corrected chi connectivity index (χ0v) is 18.4. The molecule has 0 bridgehead atoms. The van der Waals surface area contributed by atoms with Gasteiger partial charge in [0.1, 0.15) is 17.6 Å². The van der Waals surface area contributed by atoms with Gasteiger partial charge in [-0.15, -0.1) is 0 Å². The van der Waals surface area contributed by atoms with Crippen LogP contribution in [0.5, 0.6) is 0 Å². The molecule has 10 heteroatoms. The molecule has 0 saturated carbocycles. The van der Waals surface area contributed by atoms with Crippen molar-refractivity contribution >= 4 is 29.2 Å². The molecule has 4 rings (SSSR count). The van der Waals surface area contributed by atoms with E-state index in [9.17, 15) is 18.8 Å². The number of halogens is 1. The van der Waals surface area contributed by atoms with Gasteiger partial charge in [-0.2, -0.15) is 0 Å². The van der Waals surface area contributed by atoms with E-state index in [4.69, 9.17) is 4.74 Å². The number of nitrogens with one attached hydrogen (secondary N) is 1. The predicted octanol–water partition coefficient (Wildman–Crippen LogP) is 2.31. The highest BCUT2D eigenvalue weighted by Gasteiger charge is 2.33. The van der Waals surface area contributed by atoms with E-state index in [1.54, 1.807) is 30.2 Å². The largest absolute Gasteiger partial charge is 0.442 e. The number of hydrogen-bond donors (Lipinski definition) is 1. The summed E-state index contributed by atoms with van der Waals surface area (Å²) in [5, 5.41) is 2.61. The summed E-state index contributed by atoms with van der Waals surface area (Å²) in [5.74, 6) is -0.885. The van der Waals surface area contributed by atoms with Gasteiger partial charge in [-0.1, -0.05) is 6.08 Å². The van der Waals surface area contributed by atoms with Crippen molar-refractivity contribution < 1.29 is 23.5 Å². The van der Waals surface area contributed by atoms with Gasteiger partial charge in [-0.25, -0.2) is 14.2 Å². The highest BCUT2D eigenvalue weighted by atomic mass is 19.1. The minimum atomic E-state index is -0.581. The van der Waals surface area contributed by atoms with Crippen LogP contribution in [0.15, 0.2) is 36.7 Å². The molecule has 1 aromatic carbocycles. The minimum Gasteiger partial charge on any atom is -0.442 e. The lowest BCUT2D eigenvalue weighted by Crippen LogP contribution is -2.35. The van der Waals surface area contributed by atoms with Crippen LogP contribution in [0.1, 0.15) is 35.1 Å². The third kappa shape index (κ3) is 5.00. The van der Waals surface area contributed by atoms with Gasteiger partial charge in [0, 0.05) is 31.8 Å². The second-order valence-corrected chi connectivity index (χ2v) is 7.99. The van der Waals surface area contributed by atoms with Crippen LogP contribution in [0, 0.1) is 12.7 Å². The van der Waals surface area contributed by atoms with Crippen LogP contribution >= 0.6 is 0 Å². The number of hydrogen-bond acceptors (Lipinski definition) is 6. The molecule has 1 aromatic heterocycles. The highest BCUT2D eigenvalue weighted by molar-refractivity contribution is 5.93. The van der Waals surface area contributed by atoms with Gasteiger partial charge in [0.05, 0.1) is 30.7 Å². The average molecular weight is 453 g/mol. The molecule has 1 fully saturated rings. The smallest absolute Gasteiger partial charge is 0.414 e. The van der Waals surface area contributed by atoms with E-state index in [-0.39, 0.29) is 30.6 Å². The van der Waals surface area contributed by atoms with Crippen molar-refractivity contribution in [2.24, 2.45) is 0 Å². The van der Waals surface area contributed by atoms with E-state index < -0.39 is 18.0 Å². The first kappa shape index (κ1) is 22.4. The summed E-state index contributed by atoms with van der Waals surface area (Å²) in [6, 6.07) is 4.60. The number of ether oxygens (including phenoxy) is 1. The van der Waals surface area contributed by atoms with Crippen LogP contribution in [-0.2, 0) is 9.53 Å². The van der Waals surface area contributed by atoms with Crippen LogP contribution in [0.4, 0.5) is 14.9 Å². The van der Waals surface area contributed by atoms with Gasteiger partial charge in [-0.3, -0.25) is 19.5 Å². The summed E-state index contributed by atoms with van der Waals surface area (Å²) in [4.78, 5) is 47.1. The highest BCUT2D eigenvalue weighted by Crippen LogP contribution is 2.30. The molecule has 0 radical (unpaired) electrons. The van der Waals surface area contributed by atoms with E-state index in [2.05, 4.69) is 15.3 Å². The summed E-state index contributed by atoms with van der Waals surface area (Å²) in [6.07, 6.45) is 4.25. The van der Waals surface area contributed by atoms with Gasteiger partial charge in [-0.05, 0) is 37.1 Å². The molecule has 3 heterocycles. The molecule has 9 nitrogen and oxygen atoms in total. The van der Waals surface area contributed by atoms with Crippen molar-refractivity contribution in [1.82, 2.24) is 20.2 Å². The molecule has 1 atom stereocenters. The number of anilines is 1. The standard InChI is InChI=1S/C23H24FN5O4/c1-14-10-27-21(12-25-14)22(31)28-7-5-16(6-8-28)19-4-3-17(9-20(19)24)29-13-18(33-23(29)32)11-26-15(2)30/h3-5,9-10,12,18H,6-8,11,13H2,1-2H3,(H,26,30)/t18-/m0/s1. The Kier molecular flexibility index (Phi) is 6.34. The fourth-order valence-corrected chi connectivity index (χ4v) is 3.79. The number of aryl methyl sites for hydroxylation is 1. The maximum absolute atomic E-state index is 14.9. The van der Waals surface area contributed by atoms with Gasteiger partial charge < -0.3 is 15.0 Å². The van der Waals surface area contributed by atoms with Crippen LogP contribution < -0.4 is 10.2 Å². The topological polar surface area (TPSA) is 105 Å². The fourth-order valence-electron chi connectivity index (χ4n) is 3.79. The molecule has 0 aliphatic carbocycles. The monoisotopic (exact) mass is 453 g/mol. The number of aromatic nitrogens is 2. The molecule has 1 N–H and O–H groups in total. The van der Waals surface area contributed by atoms with Crippen molar-refractivity contribution in [3.63, 3.8) is 0 Å². The van der Waals surface area contributed by atoms with Crippen LogP contribution in [0.2, 0.25) is 0 Å². The Labute approximate surface area is 190 Å². The summed E-state index contributed by atoms with van der Waals surface area (Å²) in [5.41, 5.74) is 2.63. The zero-order valence-electron chi connectivity index (χ0n) is 18.4. The minimum absolute atomic E-state index is 0.203. The predicted molar refractivity (Wildman–Crippen MR) is 118 cm³/mol. The van der Waals surface area contributed by atoms with Crippen molar-refractivity contribution in [2.45, 2.75) is 26.4 Å². The number of benzene rings is 1. The second kappa shape index (κ2) is 9.35. The molecule has 0 spiro atoms. The van der Waals surface area contributed by atoms with Gasteiger partial charge in [0.25, 0.3) is 5.91 Å². The summed E-state index contributed by atoms with van der Waals surface area (Å²) in [7, 11) is 0. The number of carbonyl (C=O) groups excluding carboxylic acids is 3. The lowest BCUT2D eigenvalue weighted by Gasteiger charge is -2.26. The number of rotatable bonds is 5. The molecule has 172 valence electrons. The fraction of sp³-hybridized carbons (Fsp3) is 0.348. The quantitative estimate of drug-likeness (QED) is 0.745. The first-order valence-corrected chi connectivity index (χ1v) is 10.6.